The highest BCUT2D eigenvalue weighted by Crippen LogP contribution is 2.18. The van der Waals surface area contributed by atoms with Crippen LogP contribution in [0.15, 0.2) is 24.3 Å². The van der Waals surface area contributed by atoms with Crippen LogP contribution in [0.4, 0.5) is 0 Å². The Morgan fingerprint density at radius 1 is 1.37 bits per heavy atom. The van der Waals surface area contributed by atoms with Gasteiger partial charge in [-0.15, -0.1) is 0 Å². The Labute approximate surface area is 114 Å². The quantitative estimate of drug-likeness (QED) is 0.790. The first-order chi connectivity index (χ1) is 9.08. The number of aliphatic hydroxyl groups excluding tert-OH is 1. The van der Waals surface area contributed by atoms with Gasteiger partial charge in [0.2, 0.25) is 5.91 Å². The Morgan fingerprint density at radius 2 is 2.05 bits per heavy atom. The molecule has 0 aromatic heterocycles. The van der Waals surface area contributed by atoms with Crippen LogP contribution in [0.25, 0.3) is 0 Å². The molecule has 1 rings (SSSR count). The third kappa shape index (κ3) is 4.91. The van der Waals surface area contributed by atoms with E-state index in [9.17, 15) is 4.79 Å². The van der Waals surface area contributed by atoms with Crippen molar-refractivity contribution in [3.8, 4) is 5.75 Å². The van der Waals surface area contributed by atoms with E-state index in [1.54, 1.807) is 7.11 Å². The minimum atomic E-state index is -0.0184. The average molecular weight is 265 g/mol. The number of para-hydroxylation sites is 1. The van der Waals surface area contributed by atoms with Crippen molar-refractivity contribution in [2.45, 2.75) is 32.7 Å². The maximum atomic E-state index is 11.8. The second-order valence-electron chi connectivity index (χ2n) is 4.83. The van der Waals surface area contributed by atoms with E-state index in [2.05, 4.69) is 5.32 Å². The Balaban J connectivity index is 2.46. The van der Waals surface area contributed by atoms with Gasteiger partial charge in [0.15, 0.2) is 0 Å². The molecule has 2 atom stereocenters. The molecule has 0 aliphatic heterocycles. The highest BCUT2D eigenvalue weighted by molar-refractivity contribution is 5.76. The predicted octanol–water partition coefficient (Wildman–Crippen LogP) is 1.76. The van der Waals surface area contributed by atoms with E-state index >= 15 is 0 Å². The van der Waals surface area contributed by atoms with E-state index in [1.807, 2.05) is 38.1 Å². The maximum Gasteiger partial charge on any atom is 0.220 e. The zero-order valence-electron chi connectivity index (χ0n) is 11.8. The van der Waals surface area contributed by atoms with Gasteiger partial charge in [-0.25, -0.2) is 0 Å². The fraction of sp³-hybridized carbons (Fsp3) is 0.533. The molecule has 1 amide bonds. The van der Waals surface area contributed by atoms with Crippen LogP contribution in [0.1, 0.15) is 25.8 Å². The summed E-state index contributed by atoms with van der Waals surface area (Å²) in [5.74, 6) is 0.876. The molecule has 0 radical (unpaired) electrons. The molecule has 0 fully saturated rings. The number of hydrogen-bond donors (Lipinski definition) is 2. The summed E-state index contributed by atoms with van der Waals surface area (Å²) in [6.07, 6.45) is 1.07. The van der Waals surface area contributed by atoms with Crippen molar-refractivity contribution >= 4 is 5.91 Å². The molecular weight excluding hydrogens is 242 g/mol. The summed E-state index contributed by atoms with van der Waals surface area (Å²) in [4.78, 5) is 11.8. The van der Waals surface area contributed by atoms with Gasteiger partial charge in [-0.2, -0.15) is 0 Å². The summed E-state index contributed by atoms with van der Waals surface area (Å²) < 4.78 is 5.25. The lowest BCUT2D eigenvalue weighted by Gasteiger charge is -2.19. The lowest BCUT2D eigenvalue weighted by atomic mass is 10.0. The van der Waals surface area contributed by atoms with Crippen molar-refractivity contribution in [1.82, 2.24) is 5.32 Å². The first kappa shape index (κ1) is 15.5. The fourth-order valence-electron chi connectivity index (χ4n) is 1.78. The predicted molar refractivity (Wildman–Crippen MR) is 75.2 cm³/mol. The number of rotatable bonds is 7. The lowest BCUT2D eigenvalue weighted by Crippen LogP contribution is -2.38. The molecule has 0 aliphatic carbocycles. The third-order valence-corrected chi connectivity index (χ3v) is 3.34. The number of nitrogens with one attached hydrogen (secondary N) is 1. The van der Waals surface area contributed by atoms with Crippen molar-refractivity contribution in [3.63, 3.8) is 0 Å². The van der Waals surface area contributed by atoms with Crippen molar-refractivity contribution in [2.24, 2.45) is 5.92 Å². The Hall–Kier alpha value is -1.55. The second kappa shape index (κ2) is 7.79. The topological polar surface area (TPSA) is 58.6 Å². The molecule has 1 aromatic rings. The molecule has 0 aliphatic rings. The van der Waals surface area contributed by atoms with Gasteiger partial charge < -0.3 is 15.2 Å². The average Bonchev–Trinajstić information content (AvgIpc) is 2.44. The Kier molecular flexibility index (Phi) is 6.36. The molecule has 19 heavy (non-hydrogen) atoms. The summed E-state index contributed by atoms with van der Waals surface area (Å²) in [7, 11) is 1.63. The number of aryl methyl sites for hydroxylation is 1. The number of methoxy groups -OCH3 is 1. The molecule has 4 nitrogen and oxygen atoms in total. The normalized spacial score (nSPS) is 13.7. The number of carbonyl (C=O) groups is 1. The Bertz CT molecular complexity index is 406. The summed E-state index contributed by atoms with van der Waals surface area (Å²) in [5.41, 5.74) is 1.03. The highest BCUT2D eigenvalue weighted by atomic mass is 16.5. The molecule has 4 heteroatoms. The highest BCUT2D eigenvalue weighted by Gasteiger charge is 2.14. The zero-order chi connectivity index (χ0) is 14.3. The molecule has 0 saturated carbocycles. The SMILES string of the molecule is COc1ccccc1CCC(=O)NC(C)C(C)CO. The third-order valence-electron chi connectivity index (χ3n) is 3.34. The van der Waals surface area contributed by atoms with Crippen LogP contribution in [0, 0.1) is 5.92 Å². The smallest absolute Gasteiger partial charge is 0.220 e. The fourth-order valence-corrected chi connectivity index (χ4v) is 1.78. The lowest BCUT2D eigenvalue weighted by molar-refractivity contribution is -0.122. The van der Waals surface area contributed by atoms with Gasteiger partial charge in [0, 0.05) is 19.1 Å². The largest absolute Gasteiger partial charge is 0.496 e. The van der Waals surface area contributed by atoms with Crippen molar-refractivity contribution in [1.29, 1.82) is 0 Å². The van der Waals surface area contributed by atoms with Crippen LogP contribution in [0.2, 0.25) is 0 Å². The first-order valence-corrected chi connectivity index (χ1v) is 6.60. The maximum absolute atomic E-state index is 11.8. The molecular formula is C15H23NO3. The summed E-state index contributed by atoms with van der Waals surface area (Å²) in [6, 6.07) is 7.69. The number of benzene rings is 1. The van der Waals surface area contributed by atoms with E-state index in [1.165, 1.54) is 0 Å². The molecule has 0 heterocycles. The van der Waals surface area contributed by atoms with Crippen LogP contribution in [-0.4, -0.2) is 30.8 Å². The van der Waals surface area contributed by atoms with Crippen molar-refractivity contribution in [3.05, 3.63) is 29.8 Å². The number of hydrogen-bond acceptors (Lipinski definition) is 3. The minimum absolute atomic E-state index is 0.00120. The van der Waals surface area contributed by atoms with E-state index in [4.69, 9.17) is 9.84 Å². The standard InChI is InChI=1S/C15H23NO3/c1-11(10-17)12(2)16-15(18)9-8-13-6-4-5-7-14(13)19-3/h4-7,11-12,17H,8-10H2,1-3H3,(H,16,18). The monoisotopic (exact) mass is 265 g/mol. The van der Waals surface area contributed by atoms with Crippen LogP contribution in [-0.2, 0) is 11.2 Å². The van der Waals surface area contributed by atoms with Crippen LogP contribution < -0.4 is 10.1 Å². The summed E-state index contributed by atoms with van der Waals surface area (Å²) in [5, 5.41) is 11.9. The van der Waals surface area contributed by atoms with Crippen molar-refractivity contribution < 1.29 is 14.6 Å². The molecule has 2 N–H and O–H groups in total. The van der Waals surface area contributed by atoms with Crippen LogP contribution in [0.5, 0.6) is 5.75 Å². The number of carbonyl (C=O) groups excluding carboxylic acids is 1. The van der Waals surface area contributed by atoms with Gasteiger partial charge in [0.05, 0.1) is 7.11 Å². The zero-order valence-corrected chi connectivity index (χ0v) is 11.8. The molecule has 0 spiro atoms. The summed E-state index contributed by atoms with van der Waals surface area (Å²) in [6.45, 7) is 3.89. The van der Waals surface area contributed by atoms with Gasteiger partial charge >= 0.3 is 0 Å². The van der Waals surface area contributed by atoms with Gasteiger partial charge in [-0.1, -0.05) is 25.1 Å². The van der Waals surface area contributed by atoms with Crippen LogP contribution >= 0.6 is 0 Å². The van der Waals surface area contributed by atoms with Crippen molar-refractivity contribution in [2.75, 3.05) is 13.7 Å². The molecule has 0 saturated heterocycles. The molecule has 0 bridgehead atoms. The van der Waals surface area contributed by atoms with E-state index in [0.717, 1.165) is 11.3 Å². The molecule has 2 unspecified atom stereocenters. The Morgan fingerprint density at radius 3 is 2.68 bits per heavy atom. The van der Waals surface area contributed by atoms with Gasteiger partial charge in [-0.3, -0.25) is 4.79 Å². The number of ether oxygens (including phenoxy) is 1. The first-order valence-electron chi connectivity index (χ1n) is 6.60. The minimum Gasteiger partial charge on any atom is -0.496 e. The molecule has 106 valence electrons. The summed E-state index contributed by atoms with van der Waals surface area (Å²) >= 11 is 0. The van der Waals surface area contributed by atoms with Gasteiger partial charge in [-0.05, 0) is 30.9 Å². The van der Waals surface area contributed by atoms with E-state index in [0.29, 0.717) is 12.8 Å². The van der Waals surface area contributed by atoms with E-state index in [-0.39, 0.29) is 24.5 Å². The number of aliphatic hydroxyl groups is 1. The second-order valence-corrected chi connectivity index (χ2v) is 4.83. The van der Waals surface area contributed by atoms with E-state index < -0.39 is 0 Å². The molecule has 1 aromatic carbocycles. The van der Waals surface area contributed by atoms with Crippen LogP contribution in [0.3, 0.4) is 0 Å². The van der Waals surface area contributed by atoms with Gasteiger partial charge in [0.25, 0.3) is 0 Å². The van der Waals surface area contributed by atoms with Gasteiger partial charge in [0.1, 0.15) is 5.75 Å². The number of amides is 1.